The number of halogens is 1. The number of hydrogen-bond acceptors (Lipinski definition) is 6. The quantitative estimate of drug-likeness (QED) is 0.390. The number of para-hydroxylation sites is 1. The van der Waals surface area contributed by atoms with Crippen molar-refractivity contribution in [2.75, 3.05) is 17.4 Å². The fraction of sp³-hybridized carbons (Fsp3) is 0.0870. The largest absolute Gasteiger partial charge is 0.454 e. The van der Waals surface area contributed by atoms with Crippen molar-refractivity contribution in [3.8, 4) is 11.5 Å². The summed E-state index contributed by atoms with van der Waals surface area (Å²) in [4.78, 5) is 30.3. The van der Waals surface area contributed by atoms with Crippen LogP contribution in [0.2, 0.25) is 5.02 Å². The summed E-state index contributed by atoms with van der Waals surface area (Å²) < 4.78 is 12.0. The zero-order chi connectivity index (χ0) is 22.8. The molecule has 8 nitrogen and oxygen atoms in total. The van der Waals surface area contributed by atoms with Gasteiger partial charge in [0, 0.05) is 34.7 Å². The van der Waals surface area contributed by atoms with Gasteiger partial charge >= 0.3 is 6.03 Å². The van der Waals surface area contributed by atoms with Crippen LogP contribution in [-0.2, 0) is 5.75 Å². The van der Waals surface area contributed by atoms with Crippen molar-refractivity contribution >= 4 is 46.4 Å². The number of aromatic nitrogens is 2. The molecule has 3 heterocycles. The third kappa shape index (κ3) is 4.74. The summed E-state index contributed by atoms with van der Waals surface area (Å²) in [6.45, 7) is 0.169. The Bertz CT molecular complexity index is 1430. The third-order valence-corrected chi connectivity index (χ3v) is 6.15. The van der Waals surface area contributed by atoms with Crippen molar-refractivity contribution in [2.24, 2.45) is 0 Å². The predicted molar refractivity (Wildman–Crippen MR) is 128 cm³/mol. The van der Waals surface area contributed by atoms with Crippen LogP contribution >= 0.6 is 23.4 Å². The zero-order valence-corrected chi connectivity index (χ0v) is 18.7. The number of fused-ring (bicyclic) bond motifs is 2. The highest BCUT2D eigenvalue weighted by atomic mass is 35.5. The maximum absolute atomic E-state index is 12.6. The molecule has 4 aromatic rings. The molecule has 10 heteroatoms. The van der Waals surface area contributed by atoms with Gasteiger partial charge in [-0.3, -0.25) is 9.20 Å². The van der Waals surface area contributed by atoms with Crippen LogP contribution in [0.25, 0.3) is 5.65 Å². The van der Waals surface area contributed by atoms with Gasteiger partial charge in [0.15, 0.2) is 11.5 Å². The molecule has 1 aliphatic heterocycles. The van der Waals surface area contributed by atoms with Crippen molar-refractivity contribution < 1.29 is 14.3 Å². The van der Waals surface area contributed by atoms with Crippen molar-refractivity contribution in [1.82, 2.24) is 9.38 Å². The average molecular weight is 481 g/mol. The van der Waals surface area contributed by atoms with Crippen LogP contribution in [0, 0.1) is 0 Å². The van der Waals surface area contributed by atoms with Crippen molar-refractivity contribution in [1.29, 1.82) is 0 Å². The lowest BCUT2D eigenvalue weighted by Gasteiger charge is -2.12. The Labute approximate surface area is 197 Å². The molecular weight excluding hydrogens is 464 g/mol. The van der Waals surface area contributed by atoms with Gasteiger partial charge in [-0.2, -0.15) is 0 Å². The predicted octanol–water partition coefficient (Wildman–Crippen LogP) is 5.01. The molecule has 0 spiro atoms. The first-order valence-electron chi connectivity index (χ1n) is 9.92. The van der Waals surface area contributed by atoms with Gasteiger partial charge in [-0.25, -0.2) is 9.78 Å². The first-order valence-corrected chi connectivity index (χ1v) is 11.3. The number of rotatable bonds is 5. The molecule has 2 aromatic carbocycles. The number of amides is 2. The summed E-state index contributed by atoms with van der Waals surface area (Å²) in [5.74, 6) is 1.69. The molecule has 0 unspecified atom stereocenters. The number of nitrogens with one attached hydrogen (secondary N) is 2. The standard InChI is InChI=1S/C23H17ClN4O4S/c24-14-5-8-21-25-16(10-22(29)28(21)11-14)12-33-20-4-2-1-3-17(20)27-23(30)26-15-6-7-18-19(9-15)32-13-31-18/h1-11H,12-13H2,(H2,26,27,30). The molecule has 33 heavy (non-hydrogen) atoms. The number of carbonyl (C=O) groups is 1. The van der Waals surface area contributed by atoms with Gasteiger partial charge in [-0.15, -0.1) is 11.8 Å². The maximum Gasteiger partial charge on any atom is 0.323 e. The highest BCUT2D eigenvalue weighted by Crippen LogP contribution is 2.34. The van der Waals surface area contributed by atoms with E-state index in [-0.39, 0.29) is 18.4 Å². The molecule has 0 saturated heterocycles. The topological polar surface area (TPSA) is 94.0 Å². The molecule has 5 rings (SSSR count). The van der Waals surface area contributed by atoms with E-state index in [9.17, 15) is 9.59 Å². The highest BCUT2D eigenvalue weighted by molar-refractivity contribution is 7.98. The normalized spacial score (nSPS) is 12.0. The van der Waals surface area contributed by atoms with Crippen LogP contribution in [0.3, 0.4) is 0 Å². The van der Waals surface area contributed by atoms with Crippen LogP contribution in [0.1, 0.15) is 5.69 Å². The molecular formula is C23H17ClN4O4S. The lowest BCUT2D eigenvalue weighted by atomic mass is 10.3. The van der Waals surface area contributed by atoms with E-state index in [1.807, 2.05) is 24.3 Å². The van der Waals surface area contributed by atoms with Crippen molar-refractivity contribution in [3.63, 3.8) is 0 Å². The molecule has 0 aliphatic carbocycles. The van der Waals surface area contributed by atoms with Crippen LogP contribution in [0.4, 0.5) is 16.2 Å². The molecule has 0 fully saturated rings. The molecule has 0 atom stereocenters. The number of thioether (sulfide) groups is 1. The van der Waals surface area contributed by atoms with Gasteiger partial charge < -0.3 is 20.1 Å². The average Bonchev–Trinajstić information content (AvgIpc) is 3.27. The van der Waals surface area contributed by atoms with Gasteiger partial charge in [-0.1, -0.05) is 23.7 Å². The van der Waals surface area contributed by atoms with Crippen molar-refractivity contribution in [3.05, 3.63) is 87.9 Å². The van der Waals surface area contributed by atoms with Gasteiger partial charge in [-0.05, 0) is 36.4 Å². The summed E-state index contributed by atoms with van der Waals surface area (Å²) in [5.41, 5.74) is 2.18. The smallest absolute Gasteiger partial charge is 0.323 e. The second-order valence-electron chi connectivity index (χ2n) is 7.09. The van der Waals surface area contributed by atoms with Gasteiger partial charge in [0.1, 0.15) is 5.65 Å². The first kappa shape index (κ1) is 21.2. The summed E-state index contributed by atoms with van der Waals surface area (Å²) in [5, 5.41) is 6.12. The van der Waals surface area contributed by atoms with E-state index in [1.165, 1.54) is 22.2 Å². The van der Waals surface area contributed by atoms with Crippen LogP contribution in [0.5, 0.6) is 11.5 Å². The van der Waals surface area contributed by atoms with Gasteiger partial charge in [0.05, 0.1) is 16.4 Å². The first-order chi connectivity index (χ1) is 16.0. The van der Waals surface area contributed by atoms with E-state index in [4.69, 9.17) is 21.1 Å². The van der Waals surface area contributed by atoms with Crippen molar-refractivity contribution in [2.45, 2.75) is 10.6 Å². The zero-order valence-electron chi connectivity index (χ0n) is 17.1. The Hall–Kier alpha value is -3.69. The summed E-state index contributed by atoms with van der Waals surface area (Å²) in [6, 6.07) is 17.1. The van der Waals surface area contributed by atoms with E-state index in [0.29, 0.717) is 45.0 Å². The number of urea groups is 1. The third-order valence-electron chi connectivity index (χ3n) is 4.82. The maximum atomic E-state index is 12.6. The minimum atomic E-state index is -0.388. The SMILES string of the molecule is O=C(Nc1ccc2c(c1)OCO2)Nc1ccccc1SCc1cc(=O)n2cc(Cl)ccc2n1. The molecule has 1 aliphatic rings. The molecule has 166 valence electrons. The van der Waals surface area contributed by atoms with Crippen LogP contribution in [-0.4, -0.2) is 22.2 Å². The second-order valence-corrected chi connectivity index (χ2v) is 8.55. The Morgan fingerprint density at radius 1 is 1.06 bits per heavy atom. The van der Waals surface area contributed by atoms with E-state index in [2.05, 4.69) is 15.6 Å². The monoisotopic (exact) mass is 480 g/mol. The second kappa shape index (κ2) is 9.05. The fourth-order valence-electron chi connectivity index (χ4n) is 3.31. The number of hydrogen-bond donors (Lipinski definition) is 2. The number of ether oxygens (including phenoxy) is 2. The van der Waals surface area contributed by atoms with E-state index in [1.54, 1.807) is 36.5 Å². The number of pyridine rings is 1. The minimum Gasteiger partial charge on any atom is -0.454 e. The molecule has 2 amide bonds. The number of anilines is 2. The molecule has 0 radical (unpaired) electrons. The lowest BCUT2D eigenvalue weighted by molar-refractivity contribution is 0.174. The van der Waals surface area contributed by atoms with E-state index >= 15 is 0 Å². The minimum absolute atomic E-state index is 0.169. The number of carbonyl (C=O) groups excluding carboxylic acids is 1. The Kier molecular flexibility index (Phi) is 5.80. The van der Waals surface area contributed by atoms with Gasteiger partial charge in [0.25, 0.3) is 5.56 Å². The number of benzene rings is 2. The highest BCUT2D eigenvalue weighted by Gasteiger charge is 2.15. The van der Waals surface area contributed by atoms with E-state index in [0.717, 1.165) is 4.90 Å². The summed E-state index contributed by atoms with van der Waals surface area (Å²) in [6.07, 6.45) is 1.54. The Morgan fingerprint density at radius 3 is 2.82 bits per heavy atom. The molecule has 0 bridgehead atoms. The molecule has 2 aromatic heterocycles. The Balaban J connectivity index is 1.28. The molecule has 0 saturated carbocycles. The Morgan fingerprint density at radius 2 is 1.91 bits per heavy atom. The summed E-state index contributed by atoms with van der Waals surface area (Å²) >= 11 is 7.43. The van der Waals surface area contributed by atoms with Crippen LogP contribution < -0.4 is 25.7 Å². The van der Waals surface area contributed by atoms with E-state index < -0.39 is 0 Å². The molecule has 2 N–H and O–H groups in total. The lowest BCUT2D eigenvalue weighted by Crippen LogP contribution is -2.19. The van der Waals surface area contributed by atoms with Gasteiger partial charge in [0.2, 0.25) is 6.79 Å². The summed E-state index contributed by atoms with van der Waals surface area (Å²) in [7, 11) is 0. The van der Waals surface area contributed by atoms with Crippen LogP contribution in [0.15, 0.2) is 76.6 Å². The fourth-order valence-corrected chi connectivity index (χ4v) is 4.37. The number of nitrogens with zero attached hydrogens (tertiary/aromatic N) is 2.